The van der Waals surface area contributed by atoms with Crippen LogP contribution in [0, 0.1) is 0 Å². The van der Waals surface area contributed by atoms with Crippen molar-refractivity contribution in [1.29, 1.82) is 0 Å². The highest BCUT2D eigenvalue weighted by Crippen LogP contribution is 2.31. The predicted octanol–water partition coefficient (Wildman–Crippen LogP) is 6.56. The molecule has 0 saturated heterocycles. The Hall–Kier alpha value is -4.51. The summed E-state index contributed by atoms with van der Waals surface area (Å²) >= 11 is 0. The number of hydrogen-bond acceptors (Lipinski definition) is 5. The average molecular weight is 446 g/mol. The van der Waals surface area contributed by atoms with Gasteiger partial charge in [-0.1, -0.05) is 42.5 Å². The Balaban J connectivity index is 1.52. The van der Waals surface area contributed by atoms with Crippen molar-refractivity contribution in [2.45, 2.75) is 0 Å². The monoisotopic (exact) mass is 445 g/mol. The highest BCUT2D eigenvalue weighted by atomic mass is 16.5. The summed E-state index contributed by atoms with van der Waals surface area (Å²) in [7, 11) is 3.33. The summed E-state index contributed by atoms with van der Waals surface area (Å²) in [6, 6.07) is 33.5. The maximum Gasteiger partial charge on any atom is 0.128 e. The zero-order valence-corrected chi connectivity index (χ0v) is 19.0. The first kappa shape index (κ1) is 21.3. The molecule has 0 bridgehead atoms. The minimum atomic E-state index is 0.777. The number of methoxy groups -OCH3 is 2. The molecule has 0 spiro atoms. The van der Waals surface area contributed by atoms with Crippen molar-refractivity contribution < 1.29 is 9.47 Å². The quantitative estimate of drug-likeness (QED) is 0.296. The lowest BCUT2D eigenvalue weighted by molar-refractivity contribution is 0.416. The van der Waals surface area contributed by atoms with Crippen molar-refractivity contribution in [3.8, 4) is 56.8 Å². The fraction of sp³-hybridized carbons (Fsp3) is 0.0690. The molecule has 5 heteroatoms. The van der Waals surface area contributed by atoms with Crippen LogP contribution in [0.4, 0.5) is 0 Å². The molecule has 0 aliphatic rings. The van der Waals surface area contributed by atoms with Gasteiger partial charge in [0.25, 0.3) is 0 Å². The van der Waals surface area contributed by atoms with E-state index in [1.54, 1.807) is 14.2 Å². The molecule has 0 fully saturated rings. The van der Waals surface area contributed by atoms with Crippen LogP contribution < -0.4 is 9.47 Å². The highest BCUT2D eigenvalue weighted by Gasteiger charge is 2.12. The van der Waals surface area contributed by atoms with Crippen molar-refractivity contribution in [3.05, 3.63) is 103 Å². The summed E-state index contributed by atoms with van der Waals surface area (Å²) in [5.41, 5.74) is 6.66. The molecule has 0 amide bonds. The molecule has 34 heavy (non-hydrogen) atoms. The Morgan fingerprint density at radius 3 is 1.09 bits per heavy atom. The number of ether oxygens (including phenoxy) is 2. The summed E-state index contributed by atoms with van der Waals surface area (Å²) in [5.74, 6) is 1.57. The van der Waals surface area contributed by atoms with E-state index in [0.29, 0.717) is 0 Å². The van der Waals surface area contributed by atoms with Gasteiger partial charge < -0.3 is 9.47 Å². The van der Waals surface area contributed by atoms with Gasteiger partial charge in [0.2, 0.25) is 0 Å². The molecule has 0 unspecified atom stereocenters. The van der Waals surface area contributed by atoms with Gasteiger partial charge in [0.15, 0.2) is 0 Å². The first-order valence-corrected chi connectivity index (χ1v) is 11.0. The lowest BCUT2D eigenvalue weighted by Gasteiger charge is -2.10. The Morgan fingerprint density at radius 1 is 0.382 bits per heavy atom. The van der Waals surface area contributed by atoms with Crippen LogP contribution in [0.5, 0.6) is 11.5 Å². The molecular weight excluding hydrogens is 422 g/mol. The van der Waals surface area contributed by atoms with E-state index in [-0.39, 0.29) is 0 Å². The molecule has 5 aromatic rings. The maximum absolute atomic E-state index is 5.51. The van der Waals surface area contributed by atoms with Crippen LogP contribution in [0.15, 0.2) is 103 Å². The van der Waals surface area contributed by atoms with Gasteiger partial charge >= 0.3 is 0 Å². The zero-order valence-electron chi connectivity index (χ0n) is 19.0. The van der Waals surface area contributed by atoms with Crippen LogP contribution >= 0.6 is 0 Å². The Bertz CT molecular complexity index is 1340. The summed E-state index contributed by atoms with van der Waals surface area (Å²) in [5, 5.41) is 0. The first-order chi connectivity index (χ1) is 16.8. The molecule has 0 aliphatic carbocycles. The molecule has 3 heterocycles. The number of rotatable bonds is 6. The number of para-hydroxylation sites is 2. The second-order valence-electron chi connectivity index (χ2n) is 7.62. The van der Waals surface area contributed by atoms with E-state index in [9.17, 15) is 0 Å². The van der Waals surface area contributed by atoms with Crippen LogP contribution in [-0.4, -0.2) is 29.2 Å². The van der Waals surface area contributed by atoms with E-state index in [1.807, 2.05) is 103 Å². The van der Waals surface area contributed by atoms with Gasteiger partial charge in [0.05, 0.1) is 48.4 Å². The molecular formula is C29H23N3O2. The van der Waals surface area contributed by atoms with E-state index in [0.717, 1.165) is 56.8 Å². The topological polar surface area (TPSA) is 57.1 Å². The van der Waals surface area contributed by atoms with Crippen LogP contribution in [0.1, 0.15) is 0 Å². The molecule has 5 nitrogen and oxygen atoms in total. The molecule has 166 valence electrons. The fourth-order valence-electron chi connectivity index (χ4n) is 3.89. The van der Waals surface area contributed by atoms with Crippen LogP contribution in [0.3, 0.4) is 0 Å². The molecule has 3 aromatic heterocycles. The number of aromatic nitrogens is 3. The van der Waals surface area contributed by atoms with Crippen LogP contribution in [-0.2, 0) is 0 Å². The molecule has 0 N–H and O–H groups in total. The lowest BCUT2D eigenvalue weighted by atomic mass is 10.1. The minimum Gasteiger partial charge on any atom is -0.496 e. The Labute approximate surface area is 198 Å². The van der Waals surface area contributed by atoms with Gasteiger partial charge in [-0.15, -0.1) is 0 Å². The number of nitrogens with zero attached hydrogens (tertiary/aromatic N) is 3. The van der Waals surface area contributed by atoms with Crippen molar-refractivity contribution in [1.82, 2.24) is 15.0 Å². The maximum atomic E-state index is 5.51. The number of benzene rings is 2. The third-order valence-corrected chi connectivity index (χ3v) is 5.54. The fourth-order valence-corrected chi connectivity index (χ4v) is 3.89. The minimum absolute atomic E-state index is 0.777. The standard InChI is InChI=1S/C29H23N3O2/c1-33-28-18-5-3-10-20(28)22-12-7-14-24(30-22)26-16-9-17-27(32-26)25-15-8-13-23(31-25)21-11-4-6-19-29(21)34-2/h3-19H,1-2H3. The smallest absolute Gasteiger partial charge is 0.128 e. The van der Waals surface area contributed by atoms with E-state index in [1.165, 1.54) is 0 Å². The number of hydrogen-bond donors (Lipinski definition) is 0. The summed E-state index contributed by atoms with van der Waals surface area (Å²) < 4.78 is 11.0. The molecule has 5 rings (SSSR count). The largest absolute Gasteiger partial charge is 0.496 e. The highest BCUT2D eigenvalue weighted by molar-refractivity contribution is 5.72. The van der Waals surface area contributed by atoms with E-state index in [4.69, 9.17) is 24.4 Å². The lowest BCUT2D eigenvalue weighted by Crippen LogP contribution is -1.95. The van der Waals surface area contributed by atoms with Crippen LogP contribution in [0.25, 0.3) is 45.3 Å². The molecule has 0 aliphatic heterocycles. The van der Waals surface area contributed by atoms with E-state index < -0.39 is 0 Å². The third-order valence-electron chi connectivity index (χ3n) is 5.54. The second-order valence-corrected chi connectivity index (χ2v) is 7.62. The van der Waals surface area contributed by atoms with E-state index >= 15 is 0 Å². The van der Waals surface area contributed by atoms with Crippen molar-refractivity contribution in [3.63, 3.8) is 0 Å². The van der Waals surface area contributed by atoms with Gasteiger partial charge in [-0.3, -0.25) is 0 Å². The molecule has 0 atom stereocenters. The van der Waals surface area contributed by atoms with Gasteiger partial charge in [0, 0.05) is 11.1 Å². The zero-order chi connectivity index (χ0) is 23.3. The predicted molar refractivity (Wildman–Crippen MR) is 135 cm³/mol. The van der Waals surface area contributed by atoms with Gasteiger partial charge in [-0.25, -0.2) is 15.0 Å². The molecule has 2 aromatic carbocycles. The average Bonchev–Trinajstić information content (AvgIpc) is 2.93. The Kier molecular flexibility index (Phi) is 5.99. The van der Waals surface area contributed by atoms with Crippen molar-refractivity contribution >= 4 is 0 Å². The molecule has 0 radical (unpaired) electrons. The van der Waals surface area contributed by atoms with Crippen molar-refractivity contribution in [2.75, 3.05) is 14.2 Å². The SMILES string of the molecule is COc1ccccc1-c1cccc(-c2cccc(-c3cccc(-c4ccccc4OC)n3)n2)n1. The summed E-state index contributed by atoms with van der Waals surface area (Å²) in [6.45, 7) is 0. The third kappa shape index (κ3) is 4.24. The normalized spacial score (nSPS) is 10.6. The Morgan fingerprint density at radius 2 is 0.706 bits per heavy atom. The van der Waals surface area contributed by atoms with Gasteiger partial charge in [-0.2, -0.15) is 0 Å². The summed E-state index contributed by atoms with van der Waals surface area (Å²) in [6.07, 6.45) is 0. The summed E-state index contributed by atoms with van der Waals surface area (Å²) in [4.78, 5) is 14.6. The molecule has 0 saturated carbocycles. The van der Waals surface area contributed by atoms with E-state index in [2.05, 4.69) is 0 Å². The van der Waals surface area contributed by atoms with Gasteiger partial charge in [0.1, 0.15) is 11.5 Å². The van der Waals surface area contributed by atoms with Crippen LogP contribution in [0.2, 0.25) is 0 Å². The second kappa shape index (κ2) is 9.55. The number of pyridine rings is 3. The van der Waals surface area contributed by atoms with Gasteiger partial charge in [-0.05, 0) is 60.7 Å². The van der Waals surface area contributed by atoms with Crippen molar-refractivity contribution in [2.24, 2.45) is 0 Å². The first-order valence-electron chi connectivity index (χ1n) is 11.0.